The van der Waals surface area contributed by atoms with E-state index in [1.165, 1.54) is 24.3 Å². The number of imide groups is 1. The zero-order valence-electron chi connectivity index (χ0n) is 21.0. The van der Waals surface area contributed by atoms with Crippen LogP contribution in [0.15, 0.2) is 71.3 Å². The molecule has 1 aliphatic rings. The van der Waals surface area contributed by atoms with Crippen LogP contribution in [-0.2, 0) is 19.4 Å². The van der Waals surface area contributed by atoms with Crippen LogP contribution in [0.5, 0.6) is 0 Å². The summed E-state index contributed by atoms with van der Waals surface area (Å²) in [6, 6.07) is 14.5. The molecule has 39 heavy (non-hydrogen) atoms. The lowest BCUT2D eigenvalue weighted by atomic mass is 9.96. The maximum atomic E-state index is 14.4. The van der Waals surface area contributed by atoms with Crippen LogP contribution in [0.1, 0.15) is 49.3 Å². The van der Waals surface area contributed by atoms with Crippen molar-refractivity contribution in [3.63, 3.8) is 0 Å². The van der Waals surface area contributed by atoms with Gasteiger partial charge in [-0.3, -0.25) is 24.0 Å². The Morgan fingerprint density at radius 1 is 1.05 bits per heavy atom. The molecule has 1 aliphatic heterocycles. The summed E-state index contributed by atoms with van der Waals surface area (Å²) in [6.45, 7) is 0.541. The van der Waals surface area contributed by atoms with E-state index in [1.54, 1.807) is 54.3 Å². The van der Waals surface area contributed by atoms with Gasteiger partial charge in [0.15, 0.2) is 5.76 Å². The molecule has 1 atom stereocenters. The Hall–Kier alpha value is -4.31. The van der Waals surface area contributed by atoms with Crippen molar-refractivity contribution in [2.75, 3.05) is 6.54 Å². The number of hydrogen-bond acceptors (Lipinski definition) is 5. The minimum atomic E-state index is -3.15. The lowest BCUT2D eigenvalue weighted by Gasteiger charge is -2.25. The highest BCUT2D eigenvalue weighted by Crippen LogP contribution is 2.32. The van der Waals surface area contributed by atoms with Gasteiger partial charge in [-0.25, -0.2) is 8.78 Å². The normalized spacial score (nSPS) is 14.0. The van der Waals surface area contributed by atoms with Gasteiger partial charge in [-0.15, -0.1) is 0 Å². The van der Waals surface area contributed by atoms with Crippen LogP contribution in [0.25, 0.3) is 11.3 Å². The van der Waals surface area contributed by atoms with E-state index in [1.807, 2.05) is 0 Å². The fourth-order valence-corrected chi connectivity index (χ4v) is 4.96. The zero-order valence-corrected chi connectivity index (χ0v) is 21.7. The van der Waals surface area contributed by atoms with Crippen LogP contribution < -0.4 is 5.32 Å². The number of aromatic nitrogens is 2. The number of fused-ring (bicyclic) bond motifs is 1. The molecule has 0 spiro atoms. The highest BCUT2D eigenvalue weighted by Gasteiger charge is 2.37. The lowest BCUT2D eigenvalue weighted by Crippen LogP contribution is -2.47. The minimum Gasteiger partial charge on any atom is -0.439 e. The highest BCUT2D eigenvalue weighted by molar-refractivity contribution is 6.31. The number of carbonyl (C=O) groups excluding carboxylic acids is 3. The molecule has 2 aromatic carbocycles. The monoisotopic (exact) mass is 552 g/mol. The van der Waals surface area contributed by atoms with E-state index in [4.69, 9.17) is 16.0 Å². The maximum Gasteiger partial charge on any atom is 0.287 e. The van der Waals surface area contributed by atoms with Crippen LogP contribution in [0.4, 0.5) is 8.78 Å². The van der Waals surface area contributed by atoms with E-state index < -0.39 is 29.7 Å². The molecule has 0 fully saturated rings. The Kier molecular flexibility index (Phi) is 6.82. The van der Waals surface area contributed by atoms with Crippen molar-refractivity contribution >= 4 is 29.3 Å². The van der Waals surface area contributed by atoms with Gasteiger partial charge >= 0.3 is 0 Å². The van der Waals surface area contributed by atoms with Crippen LogP contribution in [0.3, 0.4) is 0 Å². The molecule has 5 rings (SSSR count). The van der Waals surface area contributed by atoms with Crippen LogP contribution in [0, 0.1) is 0 Å². The summed E-state index contributed by atoms with van der Waals surface area (Å²) in [5, 5.41) is 6.81. The molecule has 4 aromatic rings. The molecular formula is C28H23ClF2N4O4. The van der Waals surface area contributed by atoms with E-state index >= 15 is 0 Å². The number of alkyl halides is 2. The highest BCUT2D eigenvalue weighted by atomic mass is 35.5. The summed E-state index contributed by atoms with van der Waals surface area (Å²) in [4.78, 5) is 40.3. The molecule has 0 saturated carbocycles. The molecule has 200 valence electrons. The lowest BCUT2D eigenvalue weighted by molar-refractivity contribution is 0.0163. The van der Waals surface area contributed by atoms with Gasteiger partial charge in [0.1, 0.15) is 0 Å². The number of aryl methyl sites for hydroxylation is 1. The fraction of sp³-hybridized carbons (Fsp3) is 0.214. The van der Waals surface area contributed by atoms with Crippen molar-refractivity contribution in [3.8, 4) is 11.3 Å². The molecule has 3 heterocycles. The first-order chi connectivity index (χ1) is 18.5. The van der Waals surface area contributed by atoms with E-state index in [9.17, 15) is 23.2 Å². The Bertz CT molecular complexity index is 1560. The van der Waals surface area contributed by atoms with Crippen LogP contribution in [0.2, 0.25) is 5.22 Å². The molecule has 0 radical (unpaired) electrons. The number of rotatable bonds is 8. The summed E-state index contributed by atoms with van der Waals surface area (Å²) in [6.07, 6.45) is 1.49. The first kappa shape index (κ1) is 26.3. The standard InChI is InChI=1S/C28H23ClF2N4O4/c1-28(30,31)21-10-6-3-7-16(21)13-17(15-35-26(37)18-8-4-5-9-19(18)27(35)38)33-25(36)23-14-20(24(29)39-23)22-11-12-32-34(22)2/h3-12,14,17H,13,15H2,1-2H3,(H,33,36)/t17-/m0/s1. The molecule has 2 aromatic heterocycles. The Morgan fingerprint density at radius 2 is 1.69 bits per heavy atom. The molecule has 1 N–H and O–H groups in total. The van der Waals surface area contributed by atoms with Gasteiger partial charge in [0.05, 0.1) is 28.4 Å². The fourth-order valence-electron chi connectivity index (χ4n) is 4.73. The molecule has 8 nitrogen and oxygen atoms in total. The summed E-state index contributed by atoms with van der Waals surface area (Å²) < 4.78 is 35.8. The summed E-state index contributed by atoms with van der Waals surface area (Å²) in [5.74, 6) is -5.01. The van der Waals surface area contributed by atoms with Crippen LogP contribution in [-0.4, -0.2) is 45.0 Å². The summed E-state index contributed by atoms with van der Waals surface area (Å²) >= 11 is 6.25. The Morgan fingerprint density at radius 3 is 2.31 bits per heavy atom. The van der Waals surface area contributed by atoms with Crippen molar-refractivity contribution < 1.29 is 27.6 Å². The SMILES string of the molecule is Cn1nccc1-c1cc(C(=O)N[C@@H](Cc2ccccc2C(C)(F)F)CN2C(=O)c3ccccc3C2=O)oc1Cl. The number of nitrogens with one attached hydrogen (secondary N) is 1. The number of carbonyl (C=O) groups is 3. The maximum absolute atomic E-state index is 14.4. The second-order valence-electron chi connectivity index (χ2n) is 9.32. The first-order valence-corrected chi connectivity index (χ1v) is 12.4. The molecular weight excluding hydrogens is 530 g/mol. The van der Waals surface area contributed by atoms with Crippen molar-refractivity contribution in [3.05, 3.63) is 100 Å². The summed E-state index contributed by atoms with van der Waals surface area (Å²) in [7, 11) is 1.71. The van der Waals surface area contributed by atoms with Gasteiger partial charge in [0, 0.05) is 38.3 Å². The molecule has 11 heteroatoms. The topological polar surface area (TPSA) is 97.4 Å². The third-order valence-electron chi connectivity index (χ3n) is 6.58. The number of furan rings is 1. The van der Waals surface area contributed by atoms with E-state index in [-0.39, 0.29) is 46.2 Å². The molecule has 3 amide bonds. The number of hydrogen-bond donors (Lipinski definition) is 1. The van der Waals surface area contributed by atoms with Gasteiger partial charge in [-0.1, -0.05) is 36.4 Å². The van der Waals surface area contributed by atoms with Gasteiger partial charge in [0.2, 0.25) is 5.22 Å². The largest absolute Gasteiger partial charge is 0.439 e. The minimum absolute atomic E-state index is 0.0309. The zero-order chi connectivity index (χ0) is 27.9. The average Bonchev–Trinajstić information content (AvgIpc) is 3.56. The van der Waals surface area contributed by atoms with Crippen molar-refractivity contribution in [2.24, 2.45) is 7.05 Å². The number of halogens is 3. The van der Waals surface area contributed by atoms with Crippen molar-refractivity contribution in [1.82, 2.24) is 20.0 Å². The number of benzene rings is 2. The van der Waals surface area contributed by atoms with E-state index in [2.05, 4.69) is 10.4 Å². The van der Waals surface area contributed by atoms with Crippen molar-refractivity contribution in [1.29, 1.82) is 0 Å². The van der Waals surface area contributed by atoms with Gasteiger partial charge < -0.3 is 9.73 Å². The second-order valence-corrected chi connectivity index (χ2v) is 9.67. The van der Waals surface area contributed by atoms with E-state index in [0.29, 0.717) is 11.3 Å². The molecule has 0 bridgehead atoms. The Balaban J connectivity index is 1.45. The predicted octanol–water partition coefficient (Wildman–Crippen LogP) is 5.08. The molecule has 0 saturated heterocycles. The Labute approximate surface area is 227 Å². The number of nitrogens with zero attached hydrogens (tertiary/aromatic N) is 3. The average molecular weight is 553 g/mol. The number of amides is 3. The van der Waals surface area contributed by atoms with Crippen molar-refractivity contribution in [2.45, 2.75) is 25.3 Å². The predicted molar refractivity (Wildman–Crippen MR) is 139 cm³/mol. The summed E-state index contributed by atoms with van der Waals surface area (Å²) in [5.41, 5.74) is 1.59. The van der Waals surface area contributed by atoms with Gasteiger partial charge in [0.25, 0.3) is 23.6 Å². The van der Waals surface area contributed by atoms with Gasteiger partial charge in [-0.2, -0.15) is 5.10 Å². The molecule has 0 aliphatic carbocycles. The third kappa shape index (κ3) is 5.07. The molecule has 0 unspecified atom stereocenters. The van der Waals surface area contributed by atoms with Crippen LogP contribution >= 0.6 is 11.6 Å². The van der Waals surface area contributed by atoms with E-state index in [0.717, 1.165) is 11.8 Å². The smallest absolute Gasteiger partial charge is 0.287 e. The first-order valence-electron chi connectivity index (χ1n) is 12.0. The van der Waals surface area contributed by atoms with Gasteiger partial charge in [-0.05, 0) is 41.8 Å². The quantitative estimate of drug-likeness (QED) is 0.307. The second kappa shape index (κ2) is 10.1. The third-order valence-corrected chi connectivity index (χ3v) is 6.86.